The van der Waals surface area contributed by atoms with Crippen LogP contribution in [-0.4, -0.2) is 29.6 Å². The molecule has 1 unspecified atom stereocenters. The van der Waals surface area contributed by atoms with Gasteiger partial charge in [0.1, 0.15) is 0 Å². The molecule has 22 heavy (non-hydrogen) atoms. The second-order valence-electron chi connectivity index (χ2n) is 6.56. The highest BCUT2D eigenvalue weighted by atomic mass is 32.2. The molecule has 2 amide bonds. The normalized spacial score (nSPS) is 16.2. The van der Waals surface area contributed by atoms with Gasteiger partial charge in [-0.25, -0.2) is 4.79 Å². The molecule has 0 aliphatic heterocycles. The Morgan fingerprint density at radius 1 is 1.32 bits per heavy atom. The Morgan fingerprint density at radius 3 is 2.50 bits per heavy atom. The standard InChI is InChI=1S/C17H27N3OS/c1-12(18-11-17(2,3)22-4)13-5-7-14(8-6-13)19-16(21)20-15-9-10-15/h5-8,12,15,18H,9-11H2,1-4H3,(H2,19,20,21). The molecule has 0 bridgehead atoms. The summed E-state index contributed by atoms with van der Waals surface area (Å²) in [6.45, 7) is 7.60. The number of anilines is 1. The van der Waals surface area contributed by atoms with Gasteiger partial charge in [-0.15, -0.1) is 0 Å². The predicted octanol–water partition coefficient (Wildman–Crippen LogP) is 3.76. The van der Waals surface area contributed by atoms with Crippen LogP contribution in [0.5, 0.6) is 0 Å². The van der Waals surface area contributed by atoms with Crippen LogP contribution in [0.2, 0.25) is 0 Å². The minimum absolute atomic E-state index is 0.108. The number of rotatable bonds is 7. The summed E-state index contributed by atoms with van der Waals surface area (Å²) < 4.78 is 0.233. The van der Waals surface area contributed by atoms with Crippen molar-refractivity contribution in [2.45, 2.75) is 50.4 Å². The number of hydrogen-bond donors (Lipinski definition) is 3. The maximum absolute atomic E-state index is 11.7. The van der Waals surface area contributed by atoms with Gasteiger partial charge in [0.15, 0.2) is 0 Å². The number of carbonyl (C=O) groups is 1. The first-order valence-electron chi connectivity index (χ1n) is 7.85. The molecular weight excluding hydrogens is 294 g/mol. The van der Waals surface area contributed by atoms with Crippen LogP contribution in [0.4, 0.5) is 10.5 Å². The van der Waals surface area contributed by atoms with E-state index < -0.39 is 0 Å². The molecule has 4 nitrogen and oxygen atoms in total. The Kier molecular flexibility index (Phi) is 5.75. The number of amides is 2. The molecule has 0 saturated heterocycles. The van der Waals surface area contributed by atoms with Crippen molar-refractivity contribution in [1.29, 1.82) is 0 Å². The Morgan fingerprint density at radius 2 is 1.95 bits per heavy atom. The fourth-order valence-corrected chi connectivity index (χ4v) is 2.25. The summed E-state index contributed by atoms with van der Waals surface area (Å²) >= 11 is 1.87. The largest absolute Gasteiger partial charge is 0.335 e. The van der Waals surface area contributed by atoms with Gasteiger partial charge in [-0.1, -0.05) is 12.1 Å². The SMILES string of the molecule is CSC(C)(C)CNC(C)c1ccc(NC(=O)NC2CC2)cc1. The molecule has 1 saturated carbocycles. The first-order chi connectivity index (χ1) is 10.4. The molecule has 1 aromatic carbocycles. The van der Waals surface area contributed by atoms with E-state index in [4.69, 9.17) is 0 Å². The molecule has 0 aromatic heterocycles. The molecule has 122 valence electrons. The van der Waals surface area contributed by atoms with E-state index in [1.165, 1.54) is 5.56 Å². The smallest absolute Gasteiger partial charge is 0.319 e. The summed E-state index contributed by atoms with van der Waals surface area (Å²) in [6, 6.07) is 8.61. The van der Waals surface area contributed by atoms with Crippen LogP contribution in [0.3, 0.4) is 0 Å². The second kappa shape index (κ2) is 7.38. The van der Waals surface area contributed by atoms with Gasteiger partial charge in [-0.2, -0.15) is 11.8 Å². The summed E-state index contributed by atoms with van der Waals surface area (Å²) in [5.41, 5.74) is 2.06. The summed E-state index contributed by atoms with van der Waals surface area (Å²) in [6.07, 6.45) is 4.34. The number of nitrogens with one attached hydrogen (secondary N) is 3. The first kappa shape index (κ1) is 17.2. The summed E-state index contributed by atoms with van der Waals surface area (Å²) in [5, 5.41) is 9.35. The Hall–Kier alpha value is -1.20. The molecule has 0 spiro atoms. The van der Waals surface area contributed by atoms with E-state index in [0.29, 0.717) is 12.1 Å². The Labute approximate surface area is 137 Å². The van der Waals surface area contributed by atoms with Gasteiger partial charge in [0.25, 0.3) is 0 Å². The third kappa shape index (κ3) is 5.54. The van der Waals surface area contributed by atoms with Crippen LogP contribution in [0, 0.1) is 0 Å². The van der Waals surface area contributed by atoms with Gasteiger partial charge in [-0.3, -0.25) is 0 Å². The highest BCUT2D eigenvalue weighted by molar-refractivity contribution is 7.99. The predicted molar refractivity (Wildman–Crippen MR) is 95.6 cm³/mol. The van der Waals surface area contributed by atoms with E-state index in [2.05, 4.69) is 55.1 Å². The summed E-state index contributed by atoms with van der Waals surface area (Å²) in [7, 11) is 0. The van der Waals surface area contributed by atoms with E-state index in [1.807, 2.05) is 23.9 Å². The van der Waals surface area contributed by atoms with Crippen molar-refractivity contribution in [2.75, 3.05) is 18.1 Å². The zero-order valence-corrected chi connectivity index (χ0v) is 14.7. The van der Waals surface area contributed by atoms with Crippen molar-refractivity contribution in [1.82, 2.24) is 10.6 Å². The van der Waals surface area contributed by atoms with Crippen molar-refractivity contribution in [3.63, 3.8) is 0 Å². The number of carbonyl (C=O) groups excluding carboxylic acids is 1. The molecular formula is C17H27N3OS. The fourth-order valence-electron chi connectivity index (χ4n) is 2.02. The molecule has 1 aliphatic carbocycles. The van der Waals surface area contributed by atoms with Gasteiger partial charge >= 0.3 is 6.03 Å². The maximum Gasteiger partial charge on any atom is 0.319 e. The lowest BCUT2D eigenvalue weighted by molar-refractivity contribution is 0.251. The molecule has 1 aliphatic rings. The molecule has 3 N–H and O–H groups in total. The van der Waals surface area contributed by atoms with Gasteiger partial charge < -0.3 is 16.0 Å². The highest BCUT2D eigenvalue weighted by Gasteiger charge is 2.23. The van der Waals surface area contributed by atoms with Crippen LogP contribution < -0.4 is 16.0 Å². The molecule has 1 fully saturated rings. The van der Waals surface area contributed by atoms with Gasteiger partial charge in [0.05, 0.1) is 0 Å². The average molecular weight is 321 g/mol. The Bertz CT molecular complexity index is 497. The molecule has 2 rings (SSSR count). The first-order valence-corrected chi connectivity index (χ1v) is 9.08. The van der Waals surface area contributed by atoms with E-state index >= 15 is 0 Å². The lowest BCUT2D eigenvalue weighted by atomic mass is 10.1. The molecule has 1 aromatic rings. The average Bonchev–Trinajstić information content (AvgIpc) is 3.29. The molecule has 0 heterocycles. The van der Waals surface area contributed by atoms with Crippen LogP contribution in [0.1, 0.15) is 45.2 Å². The highest BCUT2D eigenvalue weighted by Crippen LogP contribution is 2.22. The quantitative estimate of drug-likeness (QED) is 0.716. The number of urea groups is 1. The van der Waals surface area contributed by atoms with E-state index in [-0.39, 0.29) is 10.8 Å². The number of benzene rings is 1. The van der Waals surface area contributed by atoms with Crippen molar-refractivity contribution < 1.29 is 4.79 Å². The third-order valence-corrected chi connectivity index (χ3v) is 5.22. The van der Waals surface area contributed by atoms with Crippen molar-refractivity contribution in [3.8, 4) is 0 Å². The molecule has 5 heteroatoms. The zero-order valence-electron chi connectivity index (χ0n) is 13.9. The molecule has 1 atom stereocenters. The van der Waals surface area contributed by atoms with Crippen LogP contribution >= 0.6 is 11.8 Å². The lowest BCUT2D eigenvalue weighted by Crippen LogP contribution is -2.33. The van der Waals surface area contributed by atoms with E-state index in [0.717, 1.165) is 25.1 Å². The molecule has 0 radical (unpaired) electrons. The third-order valence-electron chi connectivity index (χ3n) is 3.97. The van der Waals surface area contributed by atoms with Gasteiger partial charge in [-0.05, 0) is 57.6 Å². The fraction of sp³-hybridized carbons (Fsp3) is 0.588. The van der Waals surface area contributed by atoms with Crippen LogP contribution in [-0.2, 0) is 0 Å². The monoisotopic (exact) mass is 321 g/mol. The minimum atomic E-state index is -0.108. The maximum atomic E-state index is 11.7. The van der Waals surface area contributed by atoms with E-state index in [1.54, 1.807) is 0 Å². The number of hydrogen-bond acceptors (Lipinski definition) is 3. The van der Waals surface area contributed by atoms with Crippen LogP contribution in [0.25, 0.3) is 0 Å². The zero-order chi connectivity index (χ0) is 16.2. The summed E-state index contributed by atoms with van der Waals surface area (Å²) in [4.78, 5) is 11.7. The van der Waals surface area contributed by atoms with E-state index in [9.17, 15) is 4.79 Å². The number of thioether (sulfide) groups is 1. The van der Waals surface area contributed by atoms with Gasteiger partial charge in [0, 0.05) is 29.1 Å². The summed E-state index contributed by atoms with van der Waals surface area (Å²) in [5.74, 6) is 0. The lowest BCUT2D eigenvalue weighted by Gasteiger charge is -2.25. The minimum Gasteiger partial charge on any atom is -0.335 e. The topological polar surface area (TPSA) is 53.2 Å². The second-order valence-corrected chi connectivity index (χ2v) is 8.07. The van der Waals surface area contributed by atoms with Crippen molar-refractivity contribution >= 4 is 23.5 Å². The van der Waals surface area contributed by atoms with Crippen molar-refractivity contribution in [2.24, 2.45) is 0 Å². The Balaban J connectivity index is 1.83. The van der Waals surface area contributed by atoms with Gasteiger partial charge in [0.2, 0.25) is 0 Å². The van der Waals surface area contributed by atoms with Crippen LogP contribution in [0.15, 0.2) is 24.3 Å². The van der Waals surface area contributed by atoms with Crippen molar-refractivity contribution in [3.05, 3.63) is 29.8 Å².